The lowest BCUT2D eigenvalue weighted by Crippen LogP contribution is -2.50. The van der Waals surface area contributed by atoms with Crippen LogP contribution in [0.15, 0.2) is 24.3 Å². The van der Waals surface area contributed by atoms with Crippen molar-refractivity contribution in [2.24, 2.45) is 5.92 Å². The van der Waals surface area contributed by atoms with Crippen LogP contribution in [0.1, 0.15) is 25.8 Å². The van der Waals surface area contributed by atoms with E-state index in [2.05, 4.69) is 35.0 Å². The fourth-order valence-corrected chi connectivity index (χ4v) is 3.73. The molecule has 2 amide bonds. The van der Waals surface area contributed by atoms with Gasteiger partial charge in [0.1, 0.15) is 0 Å². The Labute approximate surface area is 162 Å². The molecule has 27 heavy (non-hydrogen) atoms. The number of carbonyl (C=O) groups is 2. The van der Waals surface area contributed by atoms with E-state index < -0.39 is 0 Å². The van der Waals surface area contributed by atoms with Crippen LogP contribution in [-0.4, -0.2) is 74.0 Å². The molecule has 6 nitrogen and oxygen atoms in total. The molecule has 148 valence electrons. The van der Waals surface area contributed by atoms with E-state index in [9.17, 15) is 9.59 Å². The quantitative estimate of drug-likeness (QED) is 0.785. The van der Waals surface area contributed by atoms with Gasteiger partial charge in [-0.15, -0.1) is 0 Å². The van der Waals surface area contributed by atoms with E-state index in [-0.39, 0.29) is 11.8 Å². The van der Waals surface area contributed by atoms with Crippen molar-refractivity contribution in [1.29, 1.82) is 0 Å². The molecule has 2 heterocycles. The molecule has 0 aliphatic carbocycles. The molecule has 1 aromatic carbocycles. The Hall–Kier alpha value is -1.92. The average Bonchev–Trinajstić information content (AvgIpc) is 3.10. The van der Waals surface area contributed by atoms with Crippen molar-refractivity contribution in [2.75, 3.05) is 57.3 Å². The number of hydrogen-bond acceptors (Lipinski definition) is 4. The summed E-state index contributed by atoms with van der Waals surface area (Å²) in [6.45, 7) is 10.6. The molecule has 0 bridgehead atoms. The van der Waals surface area contributed by atoms with Gasteiger partial charge in [-0.2, -0.15) is 0 Å². The first-order valence-electron chi connectivity index (χ1n) is 10.1. The van der Waals surface area contributed by atoms with Gasteiger partial charge in [-0.25, -0.2) is 0 Å². The number of nitrogens with zero attached hydrogens (tertiary/aromatic N) is 3. The van der Waals surface area contributed by atoms with E-state index in [0.717, 1.165) is 57.9 Å². The minimum Gasteiger partial charge on any atom is -0.355 e. The van der Waals surface area contributed by atoms with Crippen LogP contribution in [0.3, 0.4) is 0 Å². The molecule has 1 fully saturated rings. The molecule has 2 aliphatic rings. The normalized spacial score (nSPS) is 18.0. The predicted octanol–water partition coefficient (Wildman–Crippen LogP) is 1.36. The molecule has 2 aliphatic heterocycles. The lowest BCUT2D eigenvalue weighted by Gasteiger charge is -2.34. The molecule has 0 unspecified atom stereocenters. The van der Waals surface area contributed by atoms with Crippen molar-refractivity contribution >= 4 is 17.5 Å². The SMILES string of the molecule is CC(C)CNC(=O)CN1CCN(CCC(=O)N2CCc3ccccc32)CC1. The monoisotopic (exact) mass is 372 g/mol. The maximum atomic E-state index is 12.6. The second-order valence-corrected chi connectivity index (χ2v) is 7.99. The third-order valence-corrected chi connectivity index (χ3v) is 5.37. The number of benzene rings is 1. The molecule has 3 rings (SSSR count). The number of fused-ring (bicyclic) bond motifs is 1. The number of carbonyl (C=O) groups excluding carboxylic acids is 2. The van der Waals surface area contributed by atoms with Crippen LogP contribution in [0.25, 0.3) is 0 Å². The fraction of sp³-hybridized carbons (Fsp3) is 0.619. The Balaban J connectivity index is 1.36. The van der Waals surface area contributed by atoms with Gasteiger partial charge in [0.05, 0.1) is 6.54 Å². The minimum atomic E-state index is 0.111. The number of piperazine rings is 1. The number of para-hydroxylation sites is 1. The van der Waals surface area contributed by atoms with Gasteiger partial charge in [0.15, 0.2) is 0 Å². The van der Waals surface area contributed by atoms with E-state index in [0.29, 0.717) is 18.9 Å². The highest BCUT2D eigenvalue weighted by Gasteiger charge is 2.25. The molecule has 6 heteroatoms. The molecular formula is C21H32N4O2. The van der Waals surface area contributed by atoms with E-state index in [1.165, 1.54) is 5.56 Å². The fourth-order valence-electron chi connectivity index (χ4n) is 3.73. The highest BCUT2D eigenvalue weighted by Crippen LogP contribution is 2.27. The summed E-state index contributed by atoms with van der Waals surface area (Å²) in [6, 6.07) is 8.19. The number of amides is 2. The first kappa shape index (κ1) is 19.8. The predicted molar refractivity (Wildman–Crippen MR) is 108 cm³/mol. The zero-order chi connectivity index (χ0) is 19.2. The van der Waals surface area contributed by atoms with Crippen LogP contribution < -0.4 is 10.2 Å². The van der Waals surface area contributed by atoms with E-state index in [1.54, 1.807) is 0 Å². The van der Waals surface area contributed by atoms with E-state index in [1.807, 2.05) is 23.1 Å². The van der Waals surface area contributed by atoms with Crippen molar-refractivity contribution in [3.63, 3.8) is 0 Å². The largest absolute Gasteiger partial charge is 0.355 e. The van der Waals surface area contributed by atoms with Crippen molar-refractivity contribution < 1.29 is 9.59 Å². The third-order valence-electron chi connectivity index (χ3n) is 5.37. The van der Waals surface area contributed by atoms with Crippen LogP contribution in [0.5, 0.6) is 0 Å². The summed E-state index contributed by atoms with van der Waals surface area (Å²) in [5, 5.41) is 2.98. The topological polar surface area (TPSA) is 55.9 Å². The van der Waals surface area contributed by atoms with E-state index in [4.69, 9.17) is 0 Å². The highest BCUT2D eigenvalue weighted by atomic mass is 16.2. The van der Waals surface area contributed by atoms with Crippen molar-refractivity contribution in [2.45, 2.75) is 26.7 Å². The van der Waals surface area contributed by atoms with Crippen LogP contribution in [0.2, 0.25) is 0 Å². The maximum absolute atomic E-state index is 12.6. The summed E-state index contributed by atoms with van der Waals surface area (Å²) in [7, 11) is 0. The summed E-state index contributed by atoms with van der Waals surface area (Å²) in [5.74, 6) is 0.807. The van der Waals surface area contributed by atoms with Crippen LogP contribution in [0, 0.1) is 5.92 Å². The van der Waals surface area contributed by atoms with Crippen LogP contribution >= 0.6 is 0 Å². The van der Waals surface area contributed by atoms with Gasteiger partial charge < -0.3 is 15.1 Å². The van der Waals surface area contributed by atoms with Crippen molar-refractivity contribution in [1.82, 2.24) is 15.1 Å². The van der Waals surface area contributed by atoms with Gasteiger partial charge in [-0.1, -0.05) is 32.0 Å². The molecule has 0 spiro atoms. The summed E-state index contributed by atoms with van der Waals surface area (Å²) in [5.41, 5.74) is 2.36. The number of hydrogen-bond donors (Lipinski definition) is 1. The van der Waals surface area contributed by atoms with Gasteiger partial charge >= 0.3 is 0 Å². The molecular weight excluding hydrogens is 340 g/mol. The number of nitrogens with one attached hydrogen (secondary N) is 1. The molecule has 1 aromatic rings. The van der Waals surface area contributed by atoms with Crippen LogP contribution in [-0.2, 0) is 16.0 Å². The Morgan fingerprint density at radius 3 is 2.48 bits per heavy atom. The molecule has 1 saturated heterocycles. The molecule has 0 radical (unpaired) electrons. The zero-order valence-corrected chi connectivity index (χ0v) is 16.6. The first-order chi connectivity index (χ1) is 13.0. The van der Waals surface area contributed by atoms with Gasteiger partial charge in [-0.05, 0) is 24.0 Å². The average molecular weight is 373 g/mol. The Kier molecular flexibility index (Phi) is 6.85. The van der Waals surface area contributed by atoms with Gasteiger partial charge in [0, 0.05) is 57.9 Å². The van der Waals surface area contributed by atoms with Crippen molar-refractivity contribution in [3.05, 3.63) is 29.8 Å². The number of rotatable bonds is 7. The lowest BCUT2D eigenvalue weighted by atomic mass is 10.2. The second kappa shape index (κ2) is 9.33. The molecule has 1 N–H and O–H groups in total. The number of anilines is 1. The summed E-state index contributed by atoms with van der Waals surface area (Å²) >= 11 is 0. The lowest BCUT2D eigenvalue weighted by molar-refractivity contribution is -0.122. The minimum absolute atomic E-state index is 0.111. The Morgan fingerprint density at radius 1 is 1.04 bits per heavy atom. The summed E-state index contributed by atoms with van der Waals surface area (Å²) in [6.07, 6.45) is 1.52. The zero-order valence-electron chi connectivity index (χ0n) is 16.6. The summed E-state index contributed by atoms with van der Waals surface area (Å²) < 4.78 is 0. The molecule has 0 saturated carbocycles. The molecule has 0 aromatic heterocycles. The standard InChI is InChI=1S/C21H32N4O2/c1-17(2)15-22-20(26)16-24-13-11-23(12-14-24)9-8-21(27)25-10-7-18-5-3-4-6-19(18)25/h3-6,17H,7-16H2,1-2H3,(H,22,26). The van der Waals surface area contributed by atoms with Gasteiger partial charge in [0.2, 0.25) is 11.8 Å². The Bertz CT molecular complexity index is 653. The van der Waals surface area contributed by atoms with Crippen LogP contribution in [0.4, 0.5) is 5.69 Å². The van der Waals surface area contributed by atoms with Crippen molar-refractivity contribution in [3.8, 4) is 0 Å². The maximum Gasteiger partial charge on any atom is 0.234 e. The molecule has 0 atom stereocenters. The first-order valence-corrected chi connectivity index (χ1v) is 10.1. The summed E-state index contributed by atoms with van der Waals surface area (Å²) in [4.78, 5) is 31.0. The highest BCUT2D eigenvalue weighted by molar-refractivity contribution is 5.95. The van der Waals surface area contributed by atoms with Gasteiger partial charge in [0.25, 0.3) is 0 Å². The Morgan fingerprint density at radius 2 is 1.74 bits per heavy atom. The second-order valence-electron chi connectivity index (χ2n) is 7.99. The van der Waals surface area contributed by atoms with Gasteiger partial charge in [-0.3, -0.25) is 14.5 Å². The third kappa shape index (κ3) is 5.53. The smallest absolute Gasteiger partial charge is 0.234 e. The van der Waals surface area contributed by atoms with E-state index >= 15 is 0 Å².